The fraction of sp³-hybridized carbons (Fsp3) is 0.100. The van der Waals surface area contributed by atoms with Gasteiger partial charge in [-0.05, 0) is 28.1 Å². The maximum Gasteiger partial charge on any atom is 0.276 e. The third-order valence-corrected chi connectivity index (χ3v) is 2.15. The molecule has 3 N–H and O–H groups in total. The molecule has 2 aromatic rings. The summed E-state index contributed by atoms with van der Waals surface area (Å²) >= 11 is 6.72. The van der Waals surface area contributed by atoms with Gasteiger partial charge in [-0.2, -0.15) is 0 Å². The average molecular weight is 312 g/mol. The van der Waals surface area contributed by atoms with Gasteiger partial charge in [-0.1, -0.05) is 37.4 Å². The summed E-state index contributed by atoms with van der Waals surface area (Å²) < 4.78 is 1.56. The summed E-state index contributed by atoms with van der Waals surface area (Å²) in [7, 11) is 0. The molecule has 1 aromatic heterocycles. The number of nitrogens with zero attached hydrogens (tertiary/aromatic N) is 4. The molecule has 0 bridgehead atoms. The van der Waals surface area contributed by atoms with E-state index in [0.29, 0.717) is 6.54 Å². The highest BCUT2D eigenvalue weighted by molar-refractivity contribution is 7.96. The van der Waals surface area contributed by atoms with Crippen LogP contribution in [0.2, 0.25) is 0 Å². The largest absolute Gasteiger partial charge is 0.361 e. The van der Waals surface area contributed by atoms with Crippen LogP contribution in [0.15, 0.2) is 30.6 Å². The van der Waals surface area contributed by atoms with Crippen LogP contribution in [0.1, 0.15) is 5.56 Å². The lowest BCUT2D eigenvalue weighted by atomic mass is 10.2. The van der Waals surface area contributed by atoms with Crippen LogP contribution in [0.3, 0.4) is 0 Å². The van der Waals surface area contributed by atoms with Crippen molar-refractivity contribution >= 4 is 35.7 Å². The molecule has 0 aliphatic rings. The van der Waals surface area contributed by atoms with E-state index in [4.69, 9.17) is 4.79 Å². The van der Waals surface area contributed by atoms with Crippen LogP contribution >= 0.6 is 25.3 Å². The molecule has 8 nitrogen and oxygen atoms in total. The quantitative estimate of drug-likeness (QED) is 0.626. The first-order chi connectivity index (χ1) is 9.49. The number of nitrogens with one attached hydrogen (secondary N) is 1. The molecule has 2 rings (SSSR count). The van der Waals surface area contributed by atoms with Crippen LogP contribution in [-0.4, -0.2) is 30.7 Å². The first kappa shape index (κ1) is 16.0. The van der Waals surface area contributed by atoms with Gasteiger partial charge in [0, 0.05) is 6.54 Å². The fourth-order valence-corrected chi connectivity index (χ4v) is 1.30. The Hall–Kier alpha value is -2.07. The third kappa shape index (κ3) is 6.20. The first-order valence-corrected chi connectivity index (χ1v) is 6.16. The van der Waals surface area contributed by atoms with E-state index in [9.17, 15) is 4.79 Å². The number of carbonyl (C=O) groups excluding carboxylic acids is 2. The highest BCUT2D eigenvalue weighted by Crippen LogP contribution is 2.07. The Morgan fingerprint density at radius 1 is 1.25 bits per heavy atom. The summed E-state index contributed by atoms with van der Waals surface area (Å²) in [5.41, 5.74) is 6.19. The van der Waals surface area contributed by atoms with Gasteiger partial charge >= 0.3 is 0 Å². The zero-order chi connectivity index (χ0) is 15.0. The number of thiol groups is 2. The van der Waals surface area contributed by atoms with Crippen LogP contribution in [-0.2, 0) is 6.54 Å². The molecule has 0 saturated carbocycles. The van der Waals surface area contributed by atoms with Crippen molar-refractivity contribution in [2.45, 2.75) is 6.54 Å². The third-order valence-electron chi connectivity index (χ3n) is 1.99. The molecule has 1 aromatic carbocycles. The number of aromatic nitrogens is 4. The Morgan fingerprint density at radius 3 is 2.30 bits per heavy atom. The second-order valence-corrected chi connectivity index (χ2v) is 4.26. The normalized spacial score (nSPS) is 9.30. The Bertz CT molecular complexity index is 554. The SMILES string of the molecule is NC(=O)S.O=C(S)NCc1ccc(-n2cnnn2)cc1. The number of primary amides is 1. The molecular weight excluding hydrogens is 300 g/mol. The summed E-state index contributed by atoms with van der Waals surface area (Å²) in [6.07, 6.45) is 1.52. The van der Waals surface area contributed by atoms with Gasteiger partial charge in [-0.25, -0.2) is 4.68 Å². The van der Waals surface area contributed by atoms with Crippen LogP contribution in [0, 0.1) is 0 Å². The van der Waals surface area contributed by atoms with Gasteiger partial charge in [0.1, 0.15) is 6.33 Å². The Morgan fingerprint density at radius 2 is 1.85 bits per heavy atom. The number of amides is 2. The molecule has 20 heavy (non-hydrogen) atoms. The van der Waals surface area contributed by atoms with Crippen LogP contribution in [0.25, 0.3) is 5.69 Å². The first-order valence-electron chi connectivity index (χ1n) is 5.26. The Labute approximate surface area is 125 Å². The molecule has 10 heteroatoms. The second kappa shape index (κ2) is 8.17. The molecule has 106 valence electrons. The molecule has 0 aliphatic carbocycles. The zero-order valence-electron chi connectivity index (χ0n) is 10.2. The predicted molar refractivity (Wildman–Crippen MR) is 78.9 cm³/mol. The Balaban J connectivity index is 0.000000444. The summed E-state index contributed by atoms with van der Waals surface area (Å²) in [5, 5.41) is 12.5. The standard InChI is InChI=1S/C9H9N5OS.CH3NOS/c15-9(16)10-5-7-1-3-8(4-2-7)14-6-11-12-13-14;2-1(3)4/h1-4,6H,5H2,(H2,10,15,16);(H3,2,3,4). The molecule has 2 amide bonds. The predicted octanol–water partition coefficient (Wildman–Crippen LogP) is 0.797. The van der Waals surface area contributed by atoms with Gasteiger partial charge in [0.15, 0.2) is 0 Å². The minimum Gasteiger partial charge on any atom is -0.361 e. The van der Waals surface area contributed by atoms with Crippen molar-refractivity contribution in [3.05, 3.63) is 36.2 Å². The molecule has 0 unspecified atom stereocenters. The van der Waals surface area contributed by atoms with Crippen LogP contribution in [0.4, 0.5) is 9.59 Å². The Kier molecular flexibility index (Phi) is 6.53. The number of hydrogen-bond acceptors (Lipinski definition) is 5. The van der Waals surface area contributed by atoms with E-state index in [0.717, 1.165) is 11.3 Å². The topological polar surface area (TPSA) is 116 Å². The number of rotatable bonds is 3. The molecule has 0 aliphatic heterocycles. The maximum absolute atomic E-state index is 10.6. The molecule has 0 spiro atoms. The van der Waals surface area contributed by atoms with E-state index in [1.807, 2.05) is 24.3 Å². The van der Waals surface area contributed by atoms with Gasteiger partial charge in [0.05, 0.1) is 5.69 Å². The smallest absolute Gasteiger partial charge is 0.276 e. The highest BCUT2D eigenvalue weighted by atomic mass is 32.1. The van der Waals surface area contributed by atoms with Crippen molar-refractivity contribution in [1.29, 1.82) is 0 Å². The van der Waals surface area contributed by atoms with Gasteiger partial charge < -0.3 is 11.1 Å². The van der Waals surface area contributed by atoms with Crippen molar-refractivity contribution in [1.82, 2.24) is 25.5 Å². The van der Waals surface area contributed by atoms with Crippen LogP contribution < -0.4 is 11.1 Å². The highest BCUT2D eigenvalue weighted by Gasteiger charge is 1.99. The van der Waals surface area contributed by atoms with E-state index < -0.39 is 5.24 Å². The lowest BCUT2D eigenvalue weighted by Crippen LogP contribution is -2.15. The lowest BCUT2D eigenvalue weighted by Gasteiger charge is -2.03. The fourth-order valence-electron chi connectivity index (χ4n) is 1.22. The molecule has 1 heterocycles. The van der Waals surface area contributed by atoms with Crippen molar-refractivity contribution in [2.75, 3.05) is 0 Å². The van der Waals surface area contributed by atoms with E-state index >= 15 is 0 Å². The minimum absolute atomic E-state index is 0.343. The van der Waals surface area contributed by atoms with Gasteiger partial charge in [0.25, 0.3) is 10.5 Å². The minimum atomic E-state index is -0.639. The van der Waals surface area contributed by atoms with Crippen molar-refractivity contribution < 1.29 is 9.59 Å². The molecule has 0 atom stereocenters. The van der Waals surface area contributed by atoms with Crippen molar-refractivity contribution in [2.24, 2.45) is 5.73 Å². The van der Waals surface area contributed by atoms with E-state index in [-0.39, 0.29) is 5.24 Å². The van der Waals surface area contributed by atoms with Crippen molar-refractivity contribution in [3.8, 4) is 5.69 Å². The van der Waals surface area contributed by atoms with Gasteiger partial charge in [-0.3, -0.25) is 9.59 Å². The van der Waals surface area contributed by atoms with E-state index in [1.165, 1.54) is 6.33 Å². The average Bonchev–Trinajstić information content (AvgIpc) is 2.90. The molecular formula is C10H12N6O2S2. The summed E-state index contributed by atoms with van der Waals surface area (Å²) in [6, 6.07) is 7.52. The van der Waals surface area contributed by atoms with Crippen molar-refractivity contribution in [3.63, 3.8) is 0 Å². The lowest BCUT2D eigenvalue weighted by molar-refractivity contribution is 0.260. The summed E-state index contributed by atoms with van der Waals surface area (Å²) in [4.78, 5) is 19.7. The number of nitrogens with two attached hydrogens (primary N) is 1. The zero-order valence-corrected chi connectivity index (χ0v) is 12.0. The number of carbonyl (C=O) groups is 2. The molecule has 0 radical (unpaired) electrons. The molecule has 0 saturated heterocycles. The maximum atomic E-state index is 10.6. The van der Waals surface area contributed by atoms with Crippen LogP contribution in [0.5, 0.6) is 0 Å². The monoisotopic (exact) mass is 312 g/mol. The van der Waals surface area contributed by atoms with E-state index in [2.05, 4.69) is 51.8 Å². The number of hydrogen-bond donors (Lipinski definition) is 4. The summed E-state index contributed by atoms with van der Waals surface area (Å²) in [6.45, 7) is 0.457. The number of benzene rings is 1. The second-order valence-electron chi connectivity index (χ2n) is 3.42. The summed E-state index contributed by atoms with van der Waals surface area (Å²) in [5.74, 6) is 0. The molecule has 0 fully saturated rings. The van der Waals surface area contributed by atoms with Gasteiger partial charge in [-0.15, -0.1) is 5.10 Å². The number of tetrazole rings is 1. The van der Waals surface area contributed by atoms with Gasteiger partial charge in [0.2, 0.25) is 0 Å². The van der Waals surface area contributed by atoms with E-state index in [1.54, 1.807) is 4.68 Å².